The summed E-state index contributed by atoms with van der Waals surface area (Å²) < 4.78 is 23.7. The van der Waals surface area contributed by atoms with Crippen molar-refractivity contribution in [1.29, 1.82) is 0 Å². The van der Waals surface area contributed by atoms with Crippen LogP contribution in [0.4, 0.5) is 14.9 Å². The van der Waals surface area contributed by atoms with Gasteiger partial charge in [-0.1, -0.05) is 0 Å². The van der Waals surface area contributed by atoms with E-state index in [1.165, 1.54) is 9.80 Å². The molecule has 0 N–H and O–H groups in total. The Bertz CT molecular complexity index is 661. The van der Waals surface area contributed by atoms with E-state index < -0.39 is 29.1 Å². The van der Waals surface area contributed by atoms with Crippen LogP contribution in [0.2, 0.25) is 0 Å². The molecule has 1 saturated heterocycles. The van der Waals surface area contributed by atoms with Crippen molar-refractivity contribution in [1.82, 2.24) is 9.80 Å². The smallest absolute Gasteiger partial charge is 0.409 e. The third kappa shape index (κ3) is 4.78. The van der Waals surface area contributed by atoms with Gasteiger partial charge in [-0.25, -0.2) is 9.18 Å². The molecule has 25 heavy (non-hydrogen) atoms. The third-order valence-corrected chi connectivity index (χ3v) is 3.64. The number of piperazine rings is 1. The third-order valence-electron chi connectivity index (χ3n) is 3.64. The molecule has 0 atom stereocenters. The van der Waals surface area contributed by atoms with Crippen molar-refractivity contribution >= 4 is 17.7 Å². The van der Waals surface area contributed by atoms with Crippen LogP contribution in [0, 0.1) is 15.9 Å². The van der Waals surface area contributed by atoms with Gasteiger partial charge >= 0.3 is 6.09 Å². The molecule has 2 amide bonds. The van der Waals surface area contributed by atoms with Gasteiger partial charge < -0.3 is 19.3 Å². The first-order valence-electron chi connectivity index (χ1n) is 7.68. The number of hydrogen-bond acceptors (Lipinski definition) is 6. The Kier molecular flexibility index (Phi) is 6.09. The molecule has 1 fully saturated rings. The molecule has 0 unspecified atom stereocenters. The van der Waals surface area contributed by atoms with E-state index in [0.29, 0.717) is 26.2 Å². The molecule has 1 aromatic carbocycles. The highest BCUT2D eigenvalue weighted by Crippen LogP contribution is 2.22. The number of carbonyl (C=O) groups excluding carboxylic acids is 2. The van der Waals surface area contributed by atoms with Crippen LogP contribution in [0.3, 0.4) is 0 Å². The number of nitrogens with zero attached hydrogens (tertiary/aromatic N) is 3. The second-order valence-electron chi connectivity index (χ2n) is 5.23. The summed E-state index contributed by atoms with van der Waals surface area (Å²) >= 11 is 0. The molecule has 9 nitrogen and oxygen atoms in total. The average Bonchev–Trinajstić information content (AvgIpc) is 2.60. The normalized spacial score (nSPS) is 14.2. The zero-order chi connectivity index (χ0) is 18.4. The van der Waals surface area contributed by atoms with Crippen LogP contribution in [0.5, 0.6) is 5.75 Å². The number of hydrogen-bond donors (Lipinski definition) is 0. The summed E-state index contributed by atoms with van der Waals surface area (Å²) in [7, 11) is 0. The molecule has 1 heterocycles. The highest BCUT2D eigenvalue weighted by molar-refractivity contribution is 5.78. The SMILES string of the molecule is CCOC(=O)N1CCN(C(=O)COc2ccc([N+](=O)[O-])cc2F)CC1. The maximum absolute atomic E-state index is 13.7. The molecule has 1 aromatic rings. The fourth-order valence-corrected chi connectivity index (χ4v) is 2.30. The van der Waals surface area contributed by atoms with Gasteiger partial charge in [0.1, 0.15) is 0 Å². The second-order valence-corrected chi connectivity index (χ2v) is 5.23. The summed E-state index contributed by atoms with van der Waals surface area (Å²) in [5.41, 5.74) is -0.397. The van der Waals surface area contributed by atoms with E-state index in [4.69, 9.17) is 9.47 Å². The van der Waals surface area contributed by atoms with Crippen LogP contribution in [-0.4, -0.2) is 66.1 Å². The number of benzene rings is 1. The van der Waals surface area contributed by atoms with Crippen molar-refractivity contribution in [3.8, 4) is 5.75 Å². The van der Waals surface area contributed by atoms with E-state index in [9.17, 15) is 24.1 Å². The molecule has 136 valence electrons. The van der Waals surface area contributed by atoms with Crippen molar-refractivity contribution in [2.75, 3.05) is 39.4 Å². The first-order chi connectivity index (χ1) is 11.9. The molecule has 10 heteroatoms. The van der Waals surface area contributed by atoms with Gasteiger partial charge in [-0.05, 0) is 13.0 Å². The molecule has 2 rings (SSSR count). The lowest BCUT2D eigenvalue weighted by atomic mass is 10.3. The van der Waals surface area contributed by atoms with Crippen molar-refractivity contribution in [2.45, 2.75) is 6.92 Å². The monoisotopic (exact) mass is 355 g/mol. The molecule has 0 spiro atoms. The van der Waals surface area contributed by atoms with Gasteiger partial charge in [0.2, 0.25) is 0 Å². The molecule has 0 saturated carbocycles. The number of non-ortho nitro benzene ring substituents is 1. The summed E-state index contributed by atoms with van der Waals surface area (Å²) in [5.74, 6) is -1.50. The van der Waals surface area contributed by atoms with Crippen molar-refractivity contribution < 1.29 is 28.4 Å². The summed E-state index contributed by atoms with van der Waals surface area (Å²) in [6.45, 7) is 2.94. The minimum Gasteiger partial charge on any atom is -0.481 e. The number of halogens is 1. The molecule has 1 aliphatic heterocycles. The zero-order valence-electron chi connectivity index (χ0n) is 13.6. The van der Waals surface area contributed by atoms with Crippen LogP contribution in [0.1, 0.15) is 6.92 Å². The van der Waals surface area contributed by atoms with Crippen molar-refractivity contribution in [3.05, 3.63) is 34.1 Å². The fraction of sp³-hybridized carbons (Fsp3) is 0.467. The molecule has 0 aliphatic carbocycles. The molecule has 0 bridgehead atoms. The van der Waals surface area contributed by atoms with Gasteiger partial charge in [-0.2, -0.15) is 0 Å². The van der Waals surface area contributed by atoms with Crippen LogP contribution in [-0.2, 0) is 9.53 Å². The predicted molar refractivity (Wildman–Crippen MR) is 83.7 cm³/mol. The number of rotatable bonds is 5. The highest BCUT2D eigenvalue weighted by atomic mass is 19.1. The average molecular weight is 355 g/mol. The molecular formula is C15H18FN3O6. The summed E-state index contributed by atoms with van der Waals surface area (Å²) in [5, 5.41) is 10.6. The standard InChI is InChI=1S/C15H18FN3O6/c1-2-24-15(21)18-7-5-17(6-8-18)14(20)10-25-13-4-3-11(19(22)23)9-12(13)16/h3-4,9H,2,5-8,10H2,1H3. The zero-order valence-corrected chi connectivity index (χ0v) is 13.6. The van der Waals surface area contributed by atoms with E-state index in [0.717, 1.165) is 18.2 Å². The number of nitro benzene ring substituents is 1. The Hall–Kier alpha value is -2.91. The van der Waals surface area contributed by atoms with E-state index >= 15 is 0 Å². The maximum Gasteiger partial charge on any atom is 0.409 e. The summed E-state index contributed by atoms with van der Waals surface area (Å²) in [6, 6.07) is 2.94. The van der Waals surface area contributed by atoms with Gasteiger partial charge in [-0.3, -0.25) is 14.9 Å². The Morgan fingerprint density at radius 2 is 1.88 bits per heavy atom. The highest BCUT2D eigenvalue weighted by Gasteiger charge is 2.25. The Balaban J connectivity index is 1.83. The second kappa shape index (κ2) is 8.27. The Morgan fingerprint density at radius 1 is 1.24 bits per heavy atom. The minimum atomic E-state index is -0.908. The number of ether oxygens (including phenoxy) is 2. The minimum absolute atomic E-state index is 0.232. The largest absolute Gasteiger partial charge is 0.481 e. The van der Waals surface area contributed by atoms with E-state index in [1.807, 2.05) is 0 Å². The first-order valence-corrected chi connectivity index (χ1v) is 7.68. The summed E-state index contributed by atoms with van der Waals surface area (Å²) in [4.78, 5) is 36.5. The lowest BCUT2D eigenvalue weighted by molar-refractivity contribution is -0.385. The lowest BCUT2D eigenvalue weighted by Crippen LogP contribution is -2.51. The van der Waals surface area contributed by atoms with Gasteiger partial charge in [0.25, 0.3) is 11.6 Å². The quantitative estimate of drug-likeness (QED) is 0.585. The number of carbonyl (C=O) groups is 2. The van der Waals surface area contributed by atoms with Crippen LogP contribution >= 0.6 is 0 Å². The molecule has 0 aromatic heterocycles. The van der Waals surface area contributed by atoms with E-state index in [-0.39, 0.29) is 18.3 Å². The predicted octanol–water partition coefficient (Wildman–Crippen LogP) is 1.41. The Labute approximate surface area is 143 Å². The number of nitro groups is 1. The van der Waals surface area contributed by atoms with Gasteiger partial charge in [-0.15, -0.1) is 0 Å². The van der Waals surface area contributed by atoms with Gasteiger partial charge in [0.05, 0.1) is 17.6 Å². The fourth-order valence-electron chi connectivity index (χ4n) is 2.30. The van der Waals surface area contributed by atoms with Crippen molar-refractivity contribution in [2.24, 2.45) is 0 Å². The van der Waals surface area contributed by atoms with Gasteiger partial charge in [0.15, 0.2) is 18.2 Å². The van der Waals surface area contributed by atoms with Crippen LogP contribution < -0.4 is 4.74 Å². The molecule has 0 radical (unpaired) electrons. The Morgan fingerprint density at radius 3 is 2.44 bits per heavy atom. The molecule has 1 aliphatic rings. The van der Waals surface area contributed by atoms with Crippen LogP contribution in [0.25, 0.3) is 0 Å². The topological polar surface area (TPSA) is 102 Å². The summed E-state index contributed by atoms with van der Waals surface area (Å²) in [6.07, 6.45) is -0.418. The van der Waals surface area contributed by atoms with Gasteiger partial charge in [0, 0.05) is 32.2 Å². The number of amides is 2. The maximum atomic E-state index is 13.7. The first kappa shape index (κ1) is 18.4. The van der Waals surface area contributed by atoms with Crippen LogP contribution in [0.15, 0.2) is 18.2 Å². The van der Waals surface area contributed by atoms with Crippen molar-refractivity contribution in [3.63, 3.8) is 0 Å². The van der Waals surface area contributed by atoms with E-state index in [2.05, 4.69) is 0 Å². The molecular weight excluding hydrogens is 337 g/mol. The lowest BCUT2D eigenvalue weighted by Gasteiger charge is -2.33. The van der Waals surface area contributed by atoms with E-state index in [1.54, 1.807) is 6.92 Å².